The number of nitrogens with one attached hydrogen (secondary N) is 1. The molecule has 7 nitrogen and oxygen atoms in total. The maximum absolute atomic E-state index is 12.7. The van der Waals surface area contributed by atoms with Crippen LogP contribution < -0.4 is 10.1 Å². The van der Waals surface area contributed by atoms with Crippen molar-refractivity contribution in [2.45, 2.75) is 20.8 Å². The van der Waals surface area contributed by atoms with Crippen molar-refractivity contribution in [3.8, 4) is 28.9 Å². The summed E-state index contributed by atoms with van der Waals surface area (Å²) in [5.41, 5.74) is 2.71. The molecule has 154 valence electrons. The average molecular weight is 405 g/mol. The van der Waals surface area contributed by atoms with Crippen LogP contribution in [-0.4, -0.2) is 23.2 Å². The van der Waals surface area contributed by atoms with Gasteiger partial charge in [-0.15, -0.1) is 10.2 Å². The highest BCUT2D eigenvalue weighted by molar-refractivity contribution is 6.06. The molecule has 0 fully saturated rings. The molecule has 2 aromatic heterocycles. The molecule has 0 bridgehead atoms. The molecular weight excluding hydrogens is 382 g/mol. The standard InChI is InChI=1S/C21H17N3O4.C2H6/c1-13-8-9-17(26-2)16(11-13)19(25)22-15-6-3-5-14(12-15)20-23-24-21(28-20)18-7-4-10-27-18;1-2/h3-12H,1-2H3,(H,22,25);1-2H3. The lowest BCUT2D eigenvalue weighted by Gasteiger charge is -2.10. The van der Waals surface area contributed by atoms with Gasteiger partial charge in [0.05, 0.1) is 18.9 Å². The number of aromatic nitrogens is 2. The molecular formula is C23H23N3O4. The molecule has 0 saturated carbocycles. The Labute approximate surface area is 174 Å². The lowest BCUT2D eigenvalue weighted by atomic mass is 10.1. The van der Waals surface area contributed by atoms with Gasteiger partial charge in [-0.25, -0.2) is 0 Å². The minimum Gasteiger partial charge on any atom is -0.496 e. The number of rotatable bonds is 5. The fourth-order valence-corrected chi connectivity index (χ4v) is 2.77. The van der Waals surface area contributed by atoms with E-state index < -0.39 is 0 Å². The lowest BCUT2D eigenvalue weighted by Crippen LogP contribution is -2.13. The Hall–Kier alpha value is -3.87. The van der Waals surface area contributed by atoms with Crippen LogP contribution in [0.2, 0.25) is 0 Å². The van der Waals surface area contributed by atoms with Crippen LogP contribution in [0.25, 0.3) is 23.1 Å². The highest BCUT2D eigenvalue weighted by Gasteiger charge is 2.15. The van der Waals surface area contributed by atoms with E-state index in [0.717, 1.165) is 5.56 Å². The number of hydrogen-bond acceptors (Lipinski definition) is 6. The molecule has 0 radical (unpaired) electrons. The van der Waals surface area contributed by atoms with Crippen molar-refractivity contribution in [1.82, 2.24) is 10.2 Å². The number of benzene rings is 2. The van der Waals surface area contributed by atoms with Crippen molar-refractivity contribution < 1.29 is 18.4 Å². The highest BCUT2D eigenvalue weighted by Crippen LogP contribution is 2.27. The molecule has 30 heavy (non-hydrogen) atoms. The zero-order valence-electron chi connectivity index (χ0n) is 17.3. The van der Waals surface area contributed by atoms with Gasteiger partial charge in [0.25, 0.3) is 11.8 Å². The monoisotopic (exact) mass is 405 g/mol. The van der Waals surface area contributed by atoms with Crippen LogP contribution in [-0.2, 0) is 0 Å². The molecule has 7 heteroatoms. The van der Waals surface area contributed by atoms with E-state index in [1.807, 2.05) is 32.9 Å². The summed E-state index contributed by atoms with van der Waals surface area (Å²) in [7, 11) is 1.54. The molecule has 0 spiro atoms. The van der Waals surface area contributed by atoms with Crippen LogP contribution >= 0.6 is 0 Å². The Bertz CT molecular complexity index is 1120. The van der Waals surface area contributed by atoms with Gasteiger partial charge < -0.3 is 18.9 Å². The average Bonchev–Trinajstić information content (AvgIpc) is 3.47. The van der Waals surface area contributed by atoms with E-state index in [9.17, 15) is 4.79 Å². The van der Waals surface area contributed by atoms with E-state index in [1.165, 1.54) is 13.4 Å². The van der Waals surface area contributed by atoms with Crippen LogP contribution in [0.3, 0.4) is 0 Å². The minimum atomic E-state index is -0.264. The topological polar surface area (TPSA) is 90.4 Å². The molecule has 1 amide bonds. The summed E-state index contributed by atoms with van der Waals surface area (Å²) in [6.07, 6.45) is 1.54. The van der Waals surface area contributed by atoms with Gasteiger partial charge in [0.2, 0.25) is 5.89 Å². The van der Waals surface area contributed by atoms with Crippen LogP contribution in [0.4, 0.5) is 5.69 Å². The molecule has 0 atom stereocenters. The van der Waals surface area contributed by atoms with Crippen molar-refractivity contribution in [3.63, 3.8) is 0 Å². The highest BCUT2D eigenvalue weighted by atomic mass is 16.5. The van der Waals surface area contributed by atoms with E-state index in [-0.39, 0.29) is 5.91 Å². The Morgan fingerprint density at radius 2 is 1.80 bits per heavy atom. The van der Waals surface area contributed by atoms with E-state index in [1.54, 1.807) is 42.5 Å². The maximum Gasteiger partial charge on any atom is 0.283 e. The van der Waals surface area contributed by atoms with E-state index >= 15 is 0 Å². The third-order valence-corrected chi connectivity index (χ3v) is 4.12. The SMILES string of the molecule is CC.COc1ccc(C)cc1C(=O)Nc1cccc(-c2nnc(-c3ccco3)o2)c1. The Balaban J connectivity index is 0.00000124. The van der Waals surface area contributed by atoms with Crippen LogP contribution in [0.15, 0.2) is 69.7 Å². The number of carbonyl (C=O) groups is 1. The maximum atomic E-state index is 12.7. The second-order valence-electron chi connectivity index (χ2n) is 6.13. The number of amides is 1. The summed E-state index contributed by atoms with van der Waals surface area (Å²) in [4.78, 5) is 12.7. The van der Waals surface area contributed by atoms with Gasteiger partial charge in [-0.3, -0.25) is 4.79 Å². The van der Waals surface area contributed by atoms with Crippen molar-refractivity contribution in [3.05, 3.63) is 72.0 Å². The zero-order valence-corrected chi connectivity index (χ0v) is 17.3. The van der Waals surface area contributed by atoms with Crippen LogP contribution in [0.5, 0.6) is 5.75 Å². The van der Waals surface area contributed by atoms with Crippen molar-refractivity contribution in [1.29, 1.82) is 0 Å². The molecule has 0 aliphatic heterocycles. The minimum absolute atomic E-state index is 0.264. The Morgan fingerprint density at radius 1 is 1.00 bits per heavy atom. The van der Waals surface area contributed by atoms with Gasteiger partial charge in [0.1, 0.15) is 5.75 Å². The summed E-state index contributed by atoms with van der Waals surface area (Å²) in [5, 5.41) is 10.9. The number of aryl methyl sites for hydroxylation is 1. The first kappa shape index (κ1) is 20.9. The fraction of sp³-hybridized carbons (Fsp3) is 0.174. The third-order valence-electron chi connectivity index (χ3n) is 4.12. The molecule has 2 aromatic carbocycles. The van der Waals surface area contributed by atoms with Crippen molar-refractivity contribution in [2.75, 3.05) is 12.4 Å². The third kappa shape index (κ3) is 4.57. The first-order valence-corrected chi connectivity index (χ1v) is 9.58. The van der Waals surface area contributed by atoms with Gasteiger partial charge in [0, 0.05) is 11.3 Å². The quantitative estimate of drug-likeness (QED) is 0.465. The molecule has 1 N–H and O–H groups in total. The van der Waals surface area contributed by atoms with Crippen LogP contribution in [0, 0.1) is 6.92 Å². The Morgan fingerprint density at radius 3 is 2.53 bits per heavy atom. The molecule has 0 aliphatic carbocycles. The summed E-state index contributed by atoms with van der Waals surface area (Å²) in [6.45, 7) is 5.92. The van der Waals surface area contributed by atoms with Gasteiger partial charge in [-0.1, -0.05) is 31.5 Å². The summed E-state index contributed by atoms with van der Waals surface area (Å²) < 4.78 is 16.2. The number of hydrogen-bond donors (Lipinski definition) is 1. The smallest absolute Gasteiger partial charge is 0.283 e. The number of ether oxygens (including phenoxy) is 1. The summed E-state index contributed by atoms with van der Waals surface area (Å²) in [6, 6.07) is 16.1. The summed E-state index contributed by atoms with van der Waals surface area (Å²) >= 11 is 0. The molecule has 4 rings (SSSR count). The van der Waals surface area contributed by atoms with Gasteiger partial charge in [0.15, 0.2) is 5.76 Å². The van der Waals surface area contributed by atoms with Gasteiger partial charge in [-0.05, 0) is 49.4 Å². The summed E-state index contributed by atoms with van der Waals surface area (Å²) in [5.74, 6) is 1.36. The number of anilines is 1. The molecule has 4 aromatic rings. The van der Waals surface area contributed by atoms with E-state index in [4.69, 9.17) is 13.6 Å². The Kier molecular flexibility index (Phi) is 6.64. The second kappa shape index (κ2) is 9.56. The van der Waals surface area contributed by atoms with Crippen molar-refractivity contribution >= 4 is 11.6 Å². The van der Waals surface area contributed by atoms with Gasteiger partial charge in [-0.2, -0.15) is 0 Å². The lowest BCUT2D eigenvalue weighted by molar-refractivity contribution is 0.102. The first-order valence-electron chi connectivity index (χ1n) is 9.58. The predicted molar refractivity (Wildman–Crippen MR) is 114 cm³/mol. The van der Waals surface area contributed by atoms with E-state index in [2.05, 4.69) is 15.5 Å². The number of furan rings is 1. The second-order valence-corrected chi connectivity index (χ2v) is 6.13. The molecule has 0 saturated heterocycles. The molecule has 0 unspecified atom stereocenters. The number of methoxy groups -OCH3 is 1. The predicted octanol–water partition coefficient (Wildman–Crippen LogP) is 5.59. The number of nitrogens with zero attached hydrogens (tertiary/aromatic N) is 2. The van der Waals surface area contributed by atoms with E-state index in [0.29, 0.717) is 40.1 Å². The van der Waals surface area contributed by atoms with Crippen LogP contribution in [0.1, 0.15) is 29.8 Å². The number of carbonyl (C=O) groups excluding carboxylic acids is 1. The van der Waals surface area contributed by atoms with Crippen molar-refractivity contribution in [2.24, 2.45) is 0 Å². The fourth-order valence-electron chi connectivity index (χ4n) is 2.77. The first-order chi connectivity index (χ1) is 14.6. The van der Waals surface area contributed by atoms with Gasteiger partial charge >= 0.3 is 0 Å². The largest absolute Gasteiger partial charge is 0.496 e. The zero-order chi connectivity index (χ0) is 21.5. The molecule has 2 heterocycles. The molecule has 0 aliphatic rings. The normalized spacial score (nSPS) is 10.1.